The molecule has 18 heavy (non-hydrogen) atoms. The van der Waals surface area contributed by atoms with Crippen molar-refractivity contribution >= 4 is 11.4 Å². The largest absolute Gasteiger partial charge is 0.453 e. The average molecular weight is 236 g/mol. The lowest BCUT2D eigenvalue weighted by Crippen LogP contribution is -2.04. The van der Waals surface area contributed by atoms with Crippen molar-refractivity contribution in [1.29, 1.82) is 5.26 Å². The lowest BCUT2D eigenvalue weighted by molar-refractivity contribution is 0.477. The highest BCUT2D eigenvalue weighted by Crippen LogP contribution is 2.44. The number of hydrogen-bond donors (Lipinski definition) is 1. The summed E-state index contributed by atoms with van der Waals surface area (Å²) in [5.41, 5.74) is 4.75. The minimum Gasteiger partial charge on any atom is -0.453 e. The second kappa shape index (κ2) is 3.78. The molecule has 0 spiro atoms. The number of anilines is 2. The number of ether oxygens (including phenoxy) is 1. The quantitative estimate of drug-likeness (QED) is 0.641. The fraction of sp³-hybridized carbons (Fsp3) is 0.133. The molecule has 1 aliphatic heterocycles. The van der Waals surface area contributed by atoms with Crippen LogP contribution in [0.4, 0.5) is 11.4 Å². The van der Waals surface area contributed by atoms with E-state index in [2.05, 4.69) is 30.4 Å². The first-order chi connectivity index (χ1) is 8.67. The first-order valence-electron chi connectivity index (χ1n) is 5.77. The van der Waals surface area contributed by atoms with Crippen molar-refractivity contribution in [3.8, 4) is 17.6 Å². The van der Waals surface area contributed by atoms with E-state index in [1.165, 1.54) is 5.56 Å². The smallest absolute Gasteiger partial charge is 0.153 e. The van der Waals surface area contributed by atoms with Gasteiger partial charge < -0.3 is 10.1 Å². The molecule has 0 fully saturated rings. The molecule has 1 heterocycles. The van der Waals surface area contributed by atoms with Crippen molar-refractivity contribution in [3.63, 3.8) is 0 Å². The normalized spacial score (nSPS) is 11.6. The van der Waals surface area contributed by atoms with Crippen molar-refractivity contribution in [1.82, 2.24) is 0 Å². The highest BCUT2D eigenvalue weighted by Gasteiger charge is 2.18. The van der Waals surface area contributed by atoms with Gasteiger partial charge in [0.05, 0.1) is 23.0 Å². The summed E-state index contributed by atoms with van der Waals surface area (Å²) >= 11 is 0. The Morgan fingerprint density at radius 1 is 1.11 bits per heavy atom. The maximum Gasteiger partial charge on any atom is 0.153 e. The van der Waals surface area contributed by atoms with Crippen LogP contribution in [0.1, 0.15) is 16.7 Å². The zero-order valence-electron chi connectivity index (χ0n) is 10.2. The first-order valence-corrected chi connectivity index (χ1v) is 5.77. The van der Waals surface area contributed by atoms with Gasteiger partial charge >= 0.3 is 0 Å². The fourth-order valence-corrected chi connectivity index (χ4v) is 2.22. The van der Waals surface area contributed by atoms with Crippen LogP contribution in [0.3, 0.4) is 0 Å². The summed E-state index contributed by atoms with van der Waals surface area (Å²) in [6.07, 6.45) is 0. The van der Waals surface area contributed by atoms with E-state index in [1.807, 2.05) is 13.0 Å². The molecule has 3 nitrogen and oxygen atoms in total. The molecule has 0 amide bonds. The molecule has 1 aliphatic rings. The molecule has 0 radical (unpaired) electrons. The van der Waals surface area contributed by atoms with Crippen LogP contribution in [0.15, 0.2) is 30.3 Å². The predicted octanol–water partition coefficient (Wildman–Crippen LogP) is 4.02. The maximum atomic E-state index is 8.90. The van der Waals surface area contributed by atoms with E-state index < -0.39 is 0 Å². The Morgan fingerprint density at radius 2 is 1.94 bits per heavy atom. The molecule has 0 saturated carbocycles. The summed E-state index contributed by atoms with van der Waals surface area (Å²) in [5.74, 6) is 1.54. The number of fused-ring (bicyclic) bond motifs is 2. The summed E-state index contributed by atoms with van der Waals surface area (Å²) < 4.78 is 5.89. The molecule has 0 atom stereocenters. The van der Waals surface area contributed by atoms with Crippen LogP contribution < -0.4 is 10.1 Å². The number of hydrogen-bond acceptors (Lipinski definition) is 3. The molecule has 0 aromatic heterocycles. The van der Waals surface area contributed by atoms with Gasteiger partial charge in [0, 0.05) is 6.07 Å². The van der Waals surface area contributed by atoms with Gasteiger partial charge in [-0.25, -0.2) is 0 Å². The highest BCUT2D eigenvalue weighted by molar-refractivity contribution is 5.77. The number of aryl methyl sites for hydroxylation is 2. The molecule has 0 unspecified atom stereocenters. The molecule has 0 saturated heterocycles. The Hall–Kier alpha value is -2.47. The van der Waals surface area contributed by atoms with Gasteiger partial charge in [-0.15, -0.1) is 0 Å². The lowest BCUT2D eigenvalue weighted by atomic mass is 10.1. The van der Waals surface area contributed by atoms with Crippen molar-refractivity contribution in [3.05, 3.63) is 47.0 Å². The molecule has 0 aliphatic carbocycles. The van der Waals surface area contributed by atoms with Crippen molar-refractivity contribution in [2.24, 2.45) is 0 Å². The van der Waals surface area contributed by atoms with Gasteiger partial charge in [0.2, 0.25) is 0 Å². The molecule has 2 aromatic carbocycles. The summed E-state index contributed by atoms with van der Waals surface area (Å²) in [6.45, 7) is 4.08. The summed E-state index contributed by atoms with van der Waals surface area (Å²) in [5, 5.41) is 12.2. The van der Waals surface area contributed by atoms with Crippen LogP contribution in [0.2, 0.25) is 0 Å². The highest BCUT2D eigenvalue weighted by atomic mass is 16.5. The van der Waals surface area contributed by atoms with E-state index in [9.17, 15) is 0 Å². The molecular weight excluding hydrogens is 224 g/mol. The average Bonchev–Trinajstić information content (AvgIpc) is 2.36. The Balaban J connectivity index is 2.12. The third-order valence-electron chi connectivity index (χ3n) is 3.01. The molecule has 1 N–H and O–H groups in total. The number of nitrogens with one attached hydrogen (secondary N) is 1. The Kier molecular flexibility index (Phi) is 2.24. The fourth-order valence-electron chi connectivity index (χ4n) is 2.22. The van der Waals surface area contributed by atoms with Crippen LogP contribution in [0.25, 0.3) is 0 Å². The molecule has 88 valence electrons. The van der Waals surface area contributed by atoms with Crippen LogP contribution in [-0.4, -0.2) is 0 Å². The number of nitrogens with zero attached hydrogens (tertiary/aromatic N) is 1. The third-order valence-corrected chi connectivity index (χ3v) is 3.01. The summed E-state index contributed by atoms with van der Waals surface area (Å²) in [4.78, 5) is 0. The van der Waals surface area contributed by atoms with E-state index >= 15 is 0 Å². The van der Waals surface area contributed by atoms with E-state index in [0.717, 1.165) is 22.7 Å². The lowest BCUT2D eigenvalue weighted by Gasteiger charge is -2.23. The summed E-state index contributed by atoms with van der Waals surface area (Å²) in [7, 11) is 0. The van der Waals surface area contributed by atoms with Gasteiger partial charge in [0.1, 0.15) is 0 Å². The van der Waals surface area contributed by atoms with Crippen LogP contribution in [0.5, 0.6) is 11.5 Å². The van der Waals surface area contributed by atoms with Crippen LogP contribution in [0, 0.1) is 25.2 Å². The Labute approximate surface area is 106 Å². The minimum atomic E-state index is 0.601. The third kappa shape index (κ3) is 1.59. The number of nitriles is 1. The standard InChI is InChI=1S/C15H12N2O/c1-9-5-10(2)15-13(6-9)17-12-4-3-11(8-16)7-14(12)18-15/h3-7,17H,1-2H3. The second-order valence-corrected chi connectivity index (χ2v) is 4.51. The first kappa shape index (κ1) is 10.7. The topological polar surface area (TPSA) is 45.0 Å². The Bertz CT molecular complexity index is 684. The molecule has 2 aromatic rings. The van der Waals surface area contributed by atoms with E-state index in [1.54, 1.807) is 12.1 Å². The van der Waals surface area contributed by atoms with Gasteiger partial charge in [-0.05, 0) is 43.2 Å². The summed E-state index contributed by atoms with van der Waals surface area (Å²) in [6, 6.07) is 11.7. The van der Waals surface area contributed by atoms with Crippen LogP contribution >= 0.6 is 0 Å². The molecular formula is C15H12N2O. The predicted molar refractivity (Wildman–Crippen MR) is 70.4 cm³/mol. The van der Waals surface area contributed by atoms with Crippen molar-refractivity contribution in [2.45, 2.75) is 13.8 Å². The van der Waals surface area contributed by atoms with E-state index in [0.29, 0.717) is 11.3 Å². The zero-order chi connectivity index (χ0) is 12.7. The molecule has 3 heteroatoms. The molecule has 3 rings (SSSR count). The van der Waals surface area contributed by atoms with Gasteiger partial charge in [0.15, 0.2) is 11.5 Å². The monoisotopic (exact) mass is 236 g/mol. The maximum absolute atomic E-state index is 8.90. The van der Waals surface area contributed by atoms with Crippen molar-refractivity contribution in [2.75, 3.05) is 5.32 Å². The SMILES string of the molecule is Cc1cc(C)c2c(c1)Nc1ccc(C#N)cc1O2. The van der Waals surface area contributed by atoms with Crippen molar-refractivity contribution < 1.29 is 4.74 Å². The number of rotatable bonds is 0. The zero-order valence-corrected chi connectivity index (χ0v) is 10.2. The van der Waals surface area contributed by atoms with Gasteiger partial charge in [-0.3, -0.25) is 0 Å². The molecule has 0 bridgehead atoms. The van der Waals surface area contributed by atoms with E-state index in [4.69, 9.17) is 10.00 Å². The van der Waals surface area contributed by atoms with Crippen LogP contribution in [-0.2, 0) is 0 Å². The van der Waals surface area contributed by atoms with E-state index in [-0.39, 0.29) is 0 Å². The Morgan fingerprint density at radius 3 is 2.72 bits per heavy atom. The van der Waals surface area contributed by atoms with Gasteiger partial charge in [0.25, 0.3) is 0 Å². The second-order valence-electron chi connectivity index (χ2n) is 4.51. The van der Waals surface area contributed by atoms with Gasteiger partial charge in [-0.1, -0.05) is 6.07 Å². The minimum absolute atomic E-state index is 0.601. The van der Waals surface area contributed by atoms with Gasteiger partial charge in [-0.2, -0.15) is 5.26 Å². The number of benzene rings is 2.